The molecule has 3 aliphatic heterocycles. The Bertz CT molecular complexity index is 666. The van der Waals surface area contributed by atoms with E-state index in [1.165, 1.54) is 16.7 Å². The lowest BCUT2D eigenvalue weighted by Gasteiger charge is -2.48. The first-order valence-electron chi connectivity index (χ1n) is 9.76. The van der Waals surface area contributed by atoms with Crippen LogP contribution in [0.15, 0.2) is 10.6 Å². The number of nitrogens with zero attached hydrogens (tertiary/aromatic N) is 1. The Labute approximate surface area is 166 Å². The Kier molecular flexibility index (Phi) is 5.57. The normalized spacial score (nSPS) is 29.8. The summed E-state index contributed by atoms with van der Waals surface area (Å²) in [5.74, 6) is -1.45. The Morgan fingerprint density at radius 3 is 2.59 bits per heavy atom. The van der Waals surface area contributed by atoms with Gasteiger partial charge < -0.3 is 14.3 Å². The van der Waals surface area contributed by atoms with Crippen molar-refractivity contribution in [1.29, 1.82) is 0 Å². The van der Waals surface area contributed by atoms with Gasteiger partial charge in [0, 0.05) is 11.5 Å². The SMILES string of the molecule is CC[C@H](O[Si](C)(C)C(C)(C)C)[C@@H]1C(=O)N2C(C(=O)O)=C(C3CCCO3)S[C@H]12. The highest BCUT2D eigenvalue weighted by Crippen LogP contribution is 2.54. The van der Waals surface area contributed by atoms with Crippen LogP contribution in [0.3, 0.4) is 0 Å². The lowest BCUT2D eigenvalue weighted by atomic mass is 9.89. The third-order valence-electron chi connectivity index (χ3n) is 6.29. The van der Waals surface area contributed by atoms with Crippen LogP contribution in [0.25, 0.3) is 0 Å². The number of hydrogen-bond donors (Lipinski definition) is 1. The molecule has 1 unspecified atom stereocenters. The highest BCUT2D eigenvalue weighted by molar-refractivity contribution is 8.04. The number of carboxylic acids is 1. The topological polar surface area (TPSA) is 76.1 Å². The number of thioether (sulfide) groups is 1. The second-order valence-corrected chi connectivity index (χ2v) is 15.0. The Balaban J connectivity index is 1.82. The number of amides is 1. The number of carboxylic acid groups (broad SMARTS) is 1. The Morgan fingerprint density at radius 1 is 1.44 bits per heavy atom. The van der Waals surface area contributed by atoms with Crippen LogP contribution >= 0.6 is 11.8 Å². The van der Waals surface area contributed by atoms with Crippen molar-refractivity contribution in [3.05, 3.63) is 10.6 Å². The van der Waals surface area contributed by atoms with Crippen LogP contribution in [0, 0.1) is 5.92 Å². The lowest BCUT2D eigenvalue weighted by Crippen LogP contribution is -2.63. The van der Waals surface area contributed by atoms with E-state index in [1.54, 1.807) is 0 Å². The number of carbonyl (C=O) groups is 2. The van der Waals surface area contributed by atoms with Gasteiger partial charge in [-0.05, 0) is 37.4 Å². The number of carbonyl (C=O) groups excluding carboxylic acids is 1. The largest absolute Gasteiger partial charge is 0.477 e. The van der Waals surface area contributed by atoms with Gasteiger partial charge in [-0.1, -0.05) is 39.5 Å². The van der Waals surface area contributed by atoms with Crippen molar-refractivity contribution in [2.24, 2.45) is 5.92 Å². The molecule has 8 heteroatoms. The van der Waals surface area contributed by atoms with Crippen LogP contribution in [-0.2, 0) is 18.8 Å². The number of fused-ring (bicyclic) bond motifs is 1. The van der Waals surface area contributed by atoms with Gasteiger partial charge in [0.1, 0.15) is 11.1 Å². The Hall–Kier alpha value is -0.833. The number of aliphatic carboxylic acids is 1. The smallest absolute Gasteiger partial charge is 0.353 e. The number of rotatable bonds is 6. The second-order valence-electron chi connectivity index (χ2n) is 9.09. The summed E-state index contributed by atoms with van der Waals surface area (Å²) < 4.78 is 12.3. The minimum Gasteiger partial charge on any atom is -0.477 e. The summed E-state index contributed by atoms with van der Waals surface area (Å²) in [6.07, 6.45) is 2.12. The summed E-state index contributed by atoms with van der Waals surface area (Å²) in [5.41, 5.74) is 0.125. The predicted molar refractivity (Wildman–Crippen MR) is 108 cm³/mol. The van der Waals surface area contributed by atoms with Crippen molar-refractivity contribution in [3.63, 3.8) is 0 Å². The van der Waals surface area contributed by atoms with E-state index in [9.17, 15) is 14.7 Å². The Morgan fingerprint density at radius 2 is 2.11 bits per heavy atom. The standard InChI is InChI=1S/C19H31NO5SSi/c1-7-11(25-27(5,6)19(2,3)4)13-16(21)20-14(18(22)23)15(26-17(13)20)12-9-8-10-24-12/h11-13,17H,7-10H2,1-6H3,(H,22,23)/t11-,12?,13+,17+/m0/s1. The molecule has 0 aromatic heterocycles. The van der Waals surface area contributed by atoms with Crippen LogP contribution in [0.2, 0.25) is 18.1 Å². The van der Waals surface area contributed by atoms with E-state index in [4.69, 9.17) is 9.16 Å². The van der Waals surface area contributed by atoms with Gasteiger partial charge in [-0.15, -0.1) is 0 Å². The summed E-state index contributed by atoms with van der Waals surface area (Å²) in [6, 6.07) is 0. The van der Waals surface area contributed by atoms with Crippen molar-refractivity contribution in [2.75, 3.05) is 6.61 Å². The van der Waals surface area contributed by atoms with E-state index in [0.29, 0.717) is 11.5 Å². The van der Waals surface area contributed by atoms with Crippen molar-refractivity contribution in [1.82, 2.24) is 4.90 Å². The molecule has 0 spiro atoms. The third-order valence-corrected chi connectivity index (χ3v) is 12.2. The van der Waals surface area contributed by atoms with E-state index >= 15 is 0 Å². The first-order valence-corrected chi connectivity index (χ1v) is 13.5. The predicted octanol–water partition coefficient (Wildman–Crippen LogP) is 3.79. The van der Waals surface area contributed by atoms with E-state index < -0.39 is 14.3 Å². The van der Waals surface area contributed by atoms with Crippen LogP contribution in [0.5, 0.6) is 0 Å². The summed E-state index contributed by atoms with van der Waals surface area (Å²) in [4.78, 5) is 27.0. The molecule has 2 saturated heterocycles. The van der Waals surface area contributed by atoms with Crippen molar-refractivity contribution in [3.8, 4) is 0 Å². The molecule has 3 heterocycles. The van der Waals surface area contributed by atoms with Crippen LogP contribution in [0.1, 0.15) is 47.0 Å². The fraction of sp³-hybridized carbons (Fsp3) is 0.789. The van der Waals surface area contributed by atoms with Gasteiger partial charge in [0.05, 0.1) is 18.1 Å². The zero-order valence-corrected chi connectivity index (χ0v) is 18.9. The van der Waals surface area contributed by atoms with E-state index in [-0.39, 0.29) is 40.1 Å². The van der Waals surface area contributed by atoms with Crippen LogP contribution in [-0.4, -0.2) is 54.4 Å². The first-order chi connectivity index (χ1) is 12.5. The summed E-state index contributed by atoms with van der Waals surface area (Å²) in [6.45, 7) is 13.6. The highest BCUT2D eigenvalue weighted by atomic mass is 32.2. The minimum atomic E-state index is -2.02. The molecule has 0 aliphatic carbocycles. The van der Waals surface area contributed by atoms with Crippen LogP contribution in [0.4, 0.5) is 0 Å². The molecule has 4 atom stereocenters. The molecule has 3 aliphatic rings. The minimum absolute atomic E-state index is 0.0586. The summed E-state index contributed by atoms with van der Waals surface area (Å²) in [5, 5.41) is 9.59. The monoisotopic (exact) mass is 413 g/mol. The maximum Gasteiger partial charge on any atom is 0.353 e. The molecule has 3 rings (SSSR count). The first kappa shape index (κ1) is 20.9. The number of β-lactam (4-membered cyclic amide) rings is 1. The molecule has 0 radical (unpaired) electrons. The van der Waals surface area contributed by atoms with Gasteiger partial charge in [-0.2, -0.15) is 0 Å². The zero-order valence-electron chi connectivity index (χ0n) is 17.1. The van der Waals surface area contributed by atoms with Gasteiger partial charge in [-0.25, -0.2) is 4.79 Å². The summed E-state index contributed by atoms with van der Waals surface area (Å²) >= 11 is 1.50. The molecule has 152 valence electrons. The summed E-state index contributed by atoms with van der Waals surface area (Å²) in [7, 11) is -2.02. The van der Waals surface area contributed by atoms with Crippen molar-refractivity contribution in [2.45, 2.75) is 82.7 Å². The molecule has 1 amide bonds. The van der Waals surface area contributed by atoms with E-state index in [0.717, 1.165) is 19.3 Å². The molecule has 0 aromatic rings. The average molecular weight is 414 g/mol. The van der Waals surface area contributed by atoms with Gasteiger partial charge in [0.2, 0.25) is 5.91 Å². The van der Waals surface area contributed by atoms with Crippen molar-refractivity contribution < 1.29 is 23.9 Å². The molecule has 6 nitrogen and oxygen atoms in total. The molecule has 1 N–H and O–H groups in total. The molecule has 0 bridgehead atoms. The van der Waals surface area contributed by atoms with Gasteiger partial charge in [0.15, 0.2) is 8.32 Å². The van der Waals surface area contributed by atoms with Crippen LogP contribution < -0.4 is 0 Å². The quantitative estimate of drug-likeness (QED) is 0.527. The third kappa shape index (κ3) is 3.49. The average Bonchev–Trinajstić information content (AvgIpc) is 3.18. The molecular formula is C19H31NO5SSi. The second kappa shape index (κ2) is 7.20. The molecule has 27 heavy (non-hydrogen) atoms. The molecule has 0 saturated carbocycles. The number of hydrogen-bond acceptors (Lipinski definition) is 5. The van der Waals surface area contributed by atoms with Gasteiger partial charge in [0.25, 0.3) is 0 Å². The molecular weight excluding hydrogens is 382 g/mol. The maximum absolute atomic E-state index is 13.0. The van der Waals surface area contributed by atoms with Crippen molar-refractivity contribution >= 4 is 32.0 Å². The fourth-order valence-electron chi connectivity index (χ4n) is 3.68. The molecule has 2 fully saturated rings. The van der Waals surface area contributed by atoms with E-state index in [1.807, 2.05) is 6.92 Å². The lowest BCUT2D eigenvalue weighted by molar-refractivity contribution is -0.156. The maximum atomic E-state index is 13.0. The highest BCUT2D eigenvalue weighted by Gasteiger charge is 2.60. The van der Waals surface area contributed by atoms with Gasteiger partial charge >= 0.3 is 5.97 Å². The number of ether oxygens (including phenoxy) is 1. The zero-order chi connectivity index (χ0) is 20.1. The van der Waals surface area contributed by atoms with E-state index in [2.05, 4.69) is 33.9 Å². The van der Waals surface area contributed by atoms with Gasteiger partial charge in [-0.3, -0.25) is 9.69 Å². The fourth-order valence-corrected chi connectivity index (χ4v) is 6.76. The molecule has 0 aromatic carbocycles.